The van der Waals surface area contributed by atoms with Crippen molar-refractivity contribution in [2.45, 2.75) is 5.75 Å². The van der Waals surface area contributed by atoms with E-state index in [1.54, 1.807) is 0 Å². The topological polar surface area (TPSA) is 105 Å². The Morgan fingerprint density at radius 3 is 2.84 bits per heavy atom. The van der Waals surface area contributed by atoms with E-state index in [1.807, 2.05) is 24.3 Å². The molecule has 0 saturated heterocycles. The van der Waals surface area contributed by atoms with Crippen molar-refractivity contribution in [2.75, 3.05) is 5.75 Å². The zero-order valence-corrected chi connectivity index (χ0v) is 15.3. The zero-order valence-electron chi connectivity index (χ0n) is 12.9. The van der Waals surface area contributed by atoms with Crippen LogP contribution in [0.15, 0.2) is 52.0 Å². The molecule has 2 rings (SSSR count). The molecule has 0 heterocycles. The van der Waals surface area contributed by atoms with Gasteiger partial charge in [0.2, 0.25) is 5.91 Å². The van der Waals surface area contributed by atoms with Crippen molar-refractivity contribution in [3.63, 3.8) is 0 Å². The maximum atomic E-state index is 11.7. The van der Waals surface area contributed by atoms with Crippen molar-refractivity contribution in [3.05, 3.63) is 68.2 Å². The van der Waals surface area contributed by atoms with Gasteiger partial charge >= 0.3 is 0 Å². The number of benzene rings is 2. The molecule has 0 radical (unpaired) electrons. The third kappa shape index (κ3) is 5.87. The Labute approximate surface area is 156 Å². The number of carbonyl (C=O) groups excluding carboxylic acids is 1. The largest absolute Gasteiger partial charge is 0.507 e. The van der Waals surface area contributed by atoms with Gasteiger partial charge in [0.15, 0.2) is 0 Å². The van der Waals surface area contributed by atoms with Crippen LogP contribution in [0.1, 0.15) is 11.1 Å². The molecule has 2 N–H and O–H groups in total. The van der Waals surface area contributed by atoms with Gasteiger partial charge in [-0.1, -0.05) is 34.1 Å². The van der Waals surface area contributed by atoms with Crippen LogP contribution in [0.2, 0.25) is 0 Å². The molecule has 0 bridgehead atoms. The minimum atomic E-state index is -0.576. The first kappa shape index (κ1) is 18.9. The fraction of sp³-hybridized carbons (Fsp3) is 0.125. The number of thioether (sulfide) groups is 1. The summed E-state index contributed by atoms with van der Waals surface area (Å²) in [5, 5.41) is 24.1. The number of phenolic OH excluding ortho intramolecular Hbond substituents is 1. The predicted octanol–water partition coefficient (Wildman–Crippen LogP) is 3.45. The number of nitro benzene ring substituents is 1. The number of hydrazone groups is 1. The molecule has 0 aliphatic carbocycles. The number of hydrogen-bond donors (Lipinski definition) is 2. The minimum Gasteiger partial charge on any atom is -0.507 e. The summed E-state index contributed by atoms with van der Waals surface area (Å²) >= 11 is 4.87. The summed E-state index contributed by atoms with van der Waals surface area (Å²) in [7, 11) is 0. The summed E-state index contributed by atoms with van der Waals surface area (Å²) in [5.74, 6) is 0.411. The molecule has 0 aromatic heterocycles. The highest BCUT2D eigenvalue weighted by molar-refractivity contribution is 9.10. The number of phenols is 1. The molecule has 0 unspecified atom stereocenters. The SMILES string of the molecule is O=C(CSCc1ccccc1Br)N/N=C\c1cc([N+](=O)[O-])ccc1O. The lowest BCUT2D eigenvalue weighted by molar-refractivity contribution is -0.384. The molecule has 2 aromatic carbocycles. The highest BCUT2D eigenvalue weighted by Crippen LogP contribution is 2.22. The summed E-state index contributed by atoms with van der Waals surface area (Å²) in [6.45, 7) is 0. The first-order chi connectivity index (χ1) is 12.0. The first-order valence-corrected chi connectivity index (χ1v) is 9.02. The van der Waals surface area contributed by atoms with Gasteiger partial charge in [0.05, 0.1) is 16.9 Å². The fourth-order valence-corrected chi connectivity index (χ4v) is 3.27. The number of carbonyl (C=O) groups is 1. The van der Waals surface area contributed by atoms with Crippen molar-refractivity contribution in [1.82, 2.24) is 5.43 Å². The number of amides is 1. The second-order valence-electron chi connectivity index (χ2n) is 4.88. The summed E-state index contributed by atoms with van der Waals surface area (Å²) in [5.41, 5.74) is 3.39. The Hall–Kier alpha value is -2.39. The molecule has 2 aromatic rings. The maximum absolute atomic E-state index is 11.7. The standard InChI is InChI=1S/C16H14BrN3O4S/c17-14-4-2-1-3-11(14)9-25-10-16(22)19-18-8-12-7-13(20(23)24)5-6-15(12)21/h1-8,21H,9-10H2,(H,19,22)/b18-8-. The number of nitrogens with zero attached hydrogens (tertiary/aromatic N) is 2. The van der Waals surface area contributed by atoms with Gasteiger partial charge in [0.25, 0.3) is 5.69 Å². The molecule has 0 fully saturated rings. The monoisotopic (exact) mass is 423 g/mol. The van der Waals surface area contributed by atoms with Crippen molar-refractivity contribution in [1.29, 1.82) is 0 Å². The second kappa shape index (κ2) is 9.19. The quantitative estimate of drug-likeness (QED) is 0.403. The third-order valence-corrected chi connectivity index (χ3v) is 4.82. The van der Waals surface area contributed by atoms with Crippen LogP contribution < -0.4 is 5.43 Å². The molecular weight excluding hydrogens is 410 g/mol. The number of nitro groups is 1. The van der Waals surface area contributed by atoms with Crippen molar-refractivity contribution < 1.29 is 14.8 Å². The fourth-order valence-electron chi connectivity index (χ4n) is 1.83. The lowest BCUT2D eigenvalue weighted by atomic mass is 10.2. The molecular formula is C16H14BrN3O4S. The van der Waals surface area contributed by atoms with Gasteiger partial charge in [0.1, 0.15) is 5.75 Å². The van der Waals surface area contributed by atoms with Crippen LogP contribution in [0.4, 0.5) is 5.69 Å². The van der Waals surface area contributed by atoms with Crippen LogP contribution in [0.25, 0.3) is 0 Å². The van der Waals surface area contributed by atoms with Gasteiger partial charge < -0.3 is 5.11 Å². The number of nitrogens with one attached hydrogen (secondary N) is 1. The molecule has 0 atom stereocenters. The van der Waals surface area contributed by atoms with Gasteiger partial charge in [0, 0.05) is 27.9 Å². The van der Waals surface area contributed by atoms with E-state index < -0.39 is 4.92 Å². The third-order valence-electron chi connectivity index (χ3n) is 3.06. The Balaban J connectivity index is 1.83. The average molecular weight is 424 g/mol. The summed E-state index contributed by atoms with van der Waals surface area (Å²) < 4.78 is 0.988. The molecule has 25 heavy (non-hydrogen) atoms. The van der Waals surface area contributed by atoms with E-state index in [4.69, 9.17) is 0 Å². The molecule has 0 spiro atoms. The zero-order chi connectivity index (χ0) is 18.2. The van der Waals surface area contributed by atoms with E-state index in [1.165, 1.54) is 36.2 Å². The predicted molar refractivity (Wildman–Crippen MR) is 101 cm³/mol. The van der Waals surface area contributed by atoms with Crippen LogP contribution in [-0.4, -0.2) is 27.9 Å². The lowest BCUT2D eigenvalue weighted by Crippen LogP contribution is -2.19. The molecule has 1 amide bonds. The van der Waals surface area contributed by atoms with Crippen LogP contribution in [0.3, 0.4) is 0 Å². The Bertz CT molecular complexity index is 814. The highest BCUT2D eigenvalue weighted by atomic mass is 79.9. The number of hydrogen-bond acceptors (Lipinski definition) is 6. The van der Waals surface area contributed by atoms with Crippen LogP contribution in [0, 0.1) is 10.1 Å². The number of rotatable bonds is 7. The Morgan fingerprint density at radius 1 is 1.36 bits per heavy atom. The van der Waals surface area contributed by atoms with Gasteiger partial charge in [-0.15, -0.1) is 11.8 Å². The average Bonchev–Trinajstić information content (AvgIpc) is 2.58. The summed E-state index contributed by atoms with van der Waals surface area (Å²) in [6, 6.07) is 11.3. The normalized spacial score (nSPS) is 10.8. The van der Waals surface area contributed by atoms with Crippen molar-refractivity contribution >= 4 is 45.5 Å². The van der Waals surface area contributed by atoms with E-state index in [2.05, 4.69) is 26.5 Å². The van der Waals surface area contributed by atoms with Crippen LogP contribution in [0.5, 0.6) is 5.75 Å². The lowest BCUT2D eigenvalue weighted by Gasteiger charge is -2.03. The van der Waals surface area contributed by atoms with Gasteiger partial charge in [-0.3, -0.25) is 14.9 Å². The molecule has 130 valence electrons. The van der Waals surface area contributed by atoms with Crippen LogP contribution in [-0.2, 0) is 10.5 Å². The van der Waals surface area contributed by atoms with E-state index >= 15 is 0 Å². The summed E-state index contributed by atoms with van der Waals surface area (Å²) in [6.07, 6.45) is 1.17. The number of aromatic hydroxyl groups is 1. The molecule has 9 heteroatoms. The number of halogens is 1. The van der Waals surface area contributed by atoms with Crippen molar-refractivity contribution in [2.24, 2.45) is 5.10 Å². The van der Waals surface area contributed by atoms with E-state index in [0.29, 0.717) is 5.75 Å². The van der Waals surface area contributed by atoms with E-state index in [0.717, 1.165) is 10.0 Å². The van der Waals surface area contributed by atoms with E-state index in [-0.39, 0.29) is 28.7 Å². The number of non-ortho nitro benzene ring substituents is 1. The smallest absolute Gasteiger partial charge is 0.270 e. The van der Waals surface area contributed by atoms with E-state index in [9.17, 15) is 20.0 Å². The minimum absolute atomic E-state index is 0.148. The highest BCUT2D eigenvalue weighted by Gasteiger charge is 2.09. The van der Waals surface area contributed by atoms with Crippen molar-refractivity contribution in [3.8, 4) is 5.75 Å². The molecule has 7 nitrogen and oxygen atoms in total. The maximum Gasteiger partial charge on any atom is 0.270 e. The van der Waals surface area contributed by atoms with Gasteiger partial charge in [-0.25, -0.2) is 5.43 Å². The Morgan fingerprint density at radius 2 is 2.12 bits per heavy atom. The van der Waals surface area contributed by atoms with Gasteiger partial charge in [-0.2, -0.15) is 5.10 Å². The summed E-state index contributed by atoms with van der Waals surface area (Å²) in [4.78, 5) is 21.9. The molecule has 0 aliphatic heterocycles. The van der Waals surface area contributed by atoms with Crippen LogP contribution >= 0.6 is 27.7 Å². The Kier molecular flexibility index (Phi) is 6.96. The molecule has 0 saturated carbocycles. The molecule has 0 aliphatic rings. The second-order valence-corrected chi connectivity index (χ2v) is 6.72. The first-order valence-electron chi connectivity index (χ1n) is 7.08. The van der Waals surface area contributed by atoms with Gasteiger partial charge in [-0.05, 0) is 17.7 Å².